The standard InChI is InChI=1S/C14H24N2S/c1-11-4-3-5-14(15,6-11)10-16-7-13-9-17-8-12(13)2/h8-9,11,16H,3-7,10,15H2,1-2H3. The van der Waals surface area contributed by atoms with Gasteiger partial charge in [0.15, 0.2) is 0 Å². The lowest BCUT2D eigenvalue weighted by atomic mass is 9.77. The van der Waals surface area contributed by atoms with Gasteiger partial charge < -0.3 is 11.1 Å². The Morgan fingerprint density at radius 2 is 2.35 bits per heavy atom. The maximum atomic E-state index is 6.47. The summed E-state index contributed by atoms with van der Waals surface area (Å²) >= 11 is 1.78. The first-order chi connectivity index (χ1) is 8.09. The maximum absolute atomic E-state index is 6.47. The van der Waals surface area contributed by atoms with Crippen molar-refractivity contribution in [3.8, 4) is 0 Å². The number of thiophene rings is 1. The van der Waals surface area contributed by atoms with Gasteiger partial charge in [-0.3, -0.25) is 0 Å². The van der Waals surface area contributed by atoms with Crippen molar-refractivity contribution in [2.75, 3.05) is 6.54 Å². The molecule has 0 bridgehead atoms. The molecule has 1 aromatic rings. The second-order valence-corrected chi connectivity index (χ2v) is 6.49. The minimum absolute atomic E-state index is 0.0294. The molecule has 1 saturated carbocycles. The van der Waals surface area contributed by atoms with E-state index in [1.165, 1.54) is 36.8 Å². The molecule has 0 radical (unpaired) electrons. The molecule has 1 fully saturated rings. The van der Waals surface area contributed by atoms with Gasteiger partial charge in [0, 0.05) is 18.6 Å². The van der Waals surface area contributed by atoms with Crippen molar-refractivity contribution in [1.29, 1.82) is 0 Å². The van der Waals surface area contributed by atoms with Gasteiger partial charge in [-0.2, -0.15) is 11.3 Å². The number of hydrogen-bond acceptors (Lipinski definition) is 3. The Morgan fingerprint density at radius 3 is 3.00 bits per heavy atom. The normalized spacial score (nSPS) is 29.5. The zero-order chi connectivity index (χ0) is 12.3. The first-order valence-corrected chi connectivity index (χ1v) is 7.55. The molecule has 2 nitrogen and oxygen atoms in total. The summed E-state index contributed by atoms with van der Waals surface area (Å²) < 4.78 is 0. The molecule has 3 N–H and O–H groups in total. The van der Waals surface area contributed by atoms with Gasteiger partial charge in [0.1, 0.15) is 0 Å². The van der Waals surface area contributed by atoms with E-state index in [0.717, 1.165) is 19.0 Å². The highest BCUT2D eigenvalue weighted by Gasteiger charge is 2.30. The van der Waals surface area contributed by atoms with Gasteiger partial charge in [0.2, 0.25) is 0 Å². The minimum Gasteiger partial charge on any atom is -0.324 e. The summed E-state index contributed by atoms with van der Waals surface area (Å²) in [7, 11) is 0. The molecule has 3 heteroatoms. The van der Waals surface area contributed by atoms with Crippen LogP contribution in [0.4, 0.5) is 0 Å². The third kappa shape index (κ3) is 3.54. The summed E-state index contributed by atoms with van der Waals surface area (Å²) in [5, 5.41) is 7.98. The topological polar surface area (TPSA) is 38.0 Å². The van der Waals surface area contributed by atoms with E-state index in [4.69, 9.17) is 5.73 Å². The molecule has 17 heavy (non-hydrogen) atoms. The number of aryl methyl sites for hydroxylation is 1. The highest BCUT2D eigenvalue weighted by molar-refractivity contribution is 7.08. The lowest BCUT2D eigenvalue weighted by molar-refractivity contribution is 0.229. The van der Waals surface area contributed by atoms with E-state index in [2.05, 4.69) is 29.9 Å². The SMILES string of the molecule is Cc1cscc1CNCC1(N)CCCC(C)C1. The third-order valence-electron chi connectivity index (χ3n) is 3.88. The monoisotopic (exact) mass is 252 g/mol. The van der Waals surface area contributed by atoms with E-state index >= 15 is 0 Å². The minimum atomic E-state index is 0.0294. The first-order valence-electron chi connectivity index (χ1n) is 6.60. The van der Waals surface area contributed by atoms with Gasteiger partial charge in [-0.15, -0.1) is 0 Å². The van der Waals surface area contributed by atoms with Crippen LogP contribution >= 0.6 is 11.3 Å². The fourth-order valence-corrected chi connectivity index (χ4v) is 3.73. The van der Waals surface area contributed by atoms with Crippen LogP contribution in [0.2, 0.25) is 0 Å². The molecule has 1 aliphatic rings. The lowest BCUT2D eigenvalue weighted by Gasteiger charge is -2.37. The van der Waals surface area contributed by atoms with E-state index in [-0.39, 0.29) is 5.54 Å². The van der Waals surface area contributed by atoms with E-state index in [0.29, 0.717) is 0 Å². The molecule has 0 spiro atoms. The smallest absolute Gasteiger partial charge is 0.0283 e. The number of nitrogens with one attached hydrogen (secondary N) is 1. The molecule has 1 aromatic heterocycles. The van der Waals surface area contributed by atoms with Crippen molar-refractivity contribution in [3.05, 3.63) is 21.9 Å². The molecule has 1 aliphatic carbocycles. The van der Waals surface area contributed by atoms with Crippen LogP contribution < -0.4 is 11.1 Å². The van der Waals surface area contributed by atoms with Crippen LogP contribution in [0, 0.1) is 12.8 Å². The lowest BCUT2D eigenvalue weighted by Crippen LogP contribution is -2.51. The number of hydrogen-bond donors (Lipinski definition) is 2. The summed E-state index contributed by atoms with van der Waals surface area (Å²) in [5.74, 6) is 0.790. The van der Waals surface area contributed by atoms with Gasteiger partial charge in [0.25, 0.3) is 0 Å². The van der Waals surface area contributed by atoms with Crippen molar-refractivity contribution in [1.82, 2.24) is 5.32 Å². The Labute approximate surface area is 109 Å². The summed E-state index contributed by atoms with van der Waals surface area (Å²) in [6, 6.07) is 0. The molecule has 0 saturated heterocycles. The Bertz CT molecular complexity index is 361. The van der Waals surface area contributed by atoms with Crippen LogP contribution in [-0.4, -0.2) is 12.1 Å². The van der Waals surface area contributed by atoms with Gasteiger partial charge in [-0.05, 0) is 47.6 Å². The highest BCUT2D eigenvalue weighted by atomic mass is 32.1. The van der Waals surface area contributed by atoms with Gasteiger partial charge in [-0.25, -0.2) is 0 Å². The van der Waals surface area contributed by atoms with Crippen molar-refractivity contribution in [3.63, 3.8) is 0 Å². The van der Waals surface area contributed by atoms with E-state index in [9.17, 15) is 0 Å². The molecular weight excluding hydrogens is 228 g/mol. The average molecular weight is 252 g/mol. The molecule has 0 amide bonds. The van der Waals surface area contributed by atoms with Crippen LogP contribution in [-0.2, 0) is 6.54 Å². The van der Waals surface area contributed by atoms with Crippen LogP contribution in [0.15, 0.2) is 10.8 Å². The maximum Gasteiger partial charge on any atom is 0.0283 e. The van der Waals surface area contributed by atoms with Crippen LogP contribution in [0.1, 0.15) is 43.7 Å². The second kappa shape index (κ2) is 5.51. The summed E-state index contributed by atoms with van der Waals surface area (Å²) in [6.45, 7) is 6.41. The first kappa shape index (κ1) is 13.1. The zero-order valence-electron chi connectivity index (χ0n) is 11.0. The summed E-state index contributed by atoms with van der Waals surface area (Å²) in [5.41, 5.74) is 9.31. The Morgan fingerprint density at radius 1 is 1.53 bits per heavy atom. The fraction of sp³-hybridized carbons (Fsp3) is 0.714. The van der Waals surface area contributed by atoms with Crippen molar-refractivity contribution < 1.29 is 0 Å². The predicted octanol–water partition coefficient (Wildman–Crippen LogP) is 3.05. The molecule has 2 unspecified atom stereocenters. The quantitative estimate of drug-likeness (QED) is 0.864. The van der Waals surface area contributed by atoms with Crippen molar-refractivity contribution in [2.45, 2.75) is 51.6 Å². The average Bonchev–Trinajstić information content (AvgIpc) is 2.64. The predicted molar refractivity (Wildman–Crippen MR) is 75.3 cm³/mol. The number of nitrogens with two attached hydrogens (primary N) is 1. The molecule has 1 heterocycles. The molecule has 2 atom stereocenters. The largest absolute Gasteiger partial charge is 0.324 e. The molecule has 2 rings (SSSR count). The molecule has 0 aliphatic heterocycles. The van der Waals surface area contributed by atoms with Crippen LogP contribution in [0.25, 0.3) is 0 Å². The number of rotatable bonds is 4. The van der Waals surface area contributed by atoms with Gasteiger partial charge in [0.05, 0.1) is 0 Å². The Balaban J connectivity index is 1.79. The van der Waals surface area contributed by atoms with Gasteiger partial charge in [-0.1, -0.05) is 19.8 Å². The van der Waals surface area contributed by atoms with Crippen molar-refractivity contribution in [2.24, 2.45) is 11.7 Å². The van der Waals surface area contributed by atoms with Crippen LogP contribution in [0.5, 0.6) is 0 Å². The van der Waals surface area contributed by atoms with E-state index in [1.54, 1.807) is 11.3 Å². The van der Waals surface area contributed by atoms with E-state index in [1.807, 2.05) is 0 Å². The molecule has 96 valence electrons. The highest BCUT2D eigenvalue weighted by Crippen LogP contribution is 2.29. The second-order valence-electron chi connectivity index (χ2n) is 5.75. The summed E-state index contributed by atoms with van der Waals surface area (Å²) in [4.78, 5) is 0. The molecular formula is C14H24N2S. The zero-order valence-corrected chi connectivity index (χ0v) is 11.8. The van der Waals surface area contributed by atoms with Crippen LogP contribution in [0.3, 0.4) is 0 Å². The Kier molecular flexibility index (Phi) is 4.23. The van der Waals surface area contributed by atoms with Crippen molar-refractivity contribution >= 4 is 11.3 Å². The Hall–Kier alpha value is -0.380. The third-order valence-corrected chi connectivity index (χ3v) is 4.79. The fourth-order valence-electron chi connectivity index (χ4n) is 2.88. The summed E-state index contributed by atoms with van der Waals surface area (Å²) in [6.07, 6.45) is 4.98. The molecule has 0 aromatic carbocycles. The van der Waals surface area contributed by atoms with Gasteiger partial charge >= 0.3 is 0 Å². The van der Waals surface area contributed by atoms with E-state index < -0.39 is 0 Å².